The molecule has 1 heterocycles. The monoisotopic (exact) mass is 224 g/mol. The van der Waals surface area contributed by atoms with Crippen LogP contribution in [-0.2, 0) is 13.1 Å². The summed E-state index contributed by atoms with van der Waals surface area (Å²) in [5, 5.41) is 7.70. The molecule has 0 aliphatic carbocycles. The third kappa shape index (κ3) is 3.06. The van der Waals surface area contributed by atoms with Crippen molar-refractivity contribution >= 4 is 0 Å². The average molecular weight is 224 g/mol. The summed E-state index contributed by atoms with van der Waals surface area (Å²) < 4.78 is 2.08. The average Bonchev–Trinajstić information content (AvgIpc) is 2.53. The van der Waals surface area contributed by atoms with E-state index < -0.39 is 0 Å². The Labute approximate surface area is 98.6 Å². The molecular weight excluding hydrogens is 200 g/mol. The first kappa shape index (κ1) is 13.2. The molecule has 0 saturated heterocycles. The van der Waals surface area contributed by atoms with E-state index in [0.717, 1.165) is 31.9 Å². The van der Waals surface area contributed by atoms with Gasteiger partial charge in [0, 0.05) is 37.4 Å². The van der Waals surface area contributed by atoms with Gasteiger partial charge < -0.3 is 10.2 Å². The SMILES string of the molecule is CCn1nc(C)c(CN(C)CCNC)c1C. The Morgan fingerprint density at radius 2 is 2.06 bits per heavy atom. The number of nitrogens with zero attached hydrogens (tertiary/aromatic N) is 3. The van der Waals surface area contributed by atoms with E-state index in [1.807, 2.05) is 7.05 Å². The summed E-state index contributed by atoms with van der Waals surface area (Å²) in [7, 11) is 4.14. The molecule has 1 N–H and O–H groups in total. The molecule has 0 aromatic carbocycles. The normalized spacial score (nSPS) is 11.4. The van der Waals surface area contributed by atoms with Crippen molar-refractivity contribution in [3.05, 3.63) is 17.0 Å². The second kappa shape index (κ2) is 6.01. The lowest BCUT2D eigenvalue weighted by Gasteiger charge is -2.16. The van der Waals surface area contributed by atoms with Crippen molar-refractivity contribution in [1.82, 2.24) is 20.0 Å². The summed E-state index contributed by atoms with van der Waals surface area (Å²) >= 11 is 0. The molecule has 1 aromatic rings. The van der Waals surface area contributed by atoms with E-state index in [2.05, 4.69) is 47.8 Å². The summed E-state index contributed by atoms with van der Waals surface area (Å²) in [6.07, 6.45) is 0. The quantitative estimate of drug-likeness (QED) is 0.787. The van der Waals surface area contributed by atoms with Crippen LogP contribution in [0.1, 0.15) is 23.9 Å². The van der Waals surface area contributed by atoms with Crippen LogP contribution in [-0.4, -0.2) is 41.9 Å². The lowest BCUT2D eigenvalue weighted by Crippen LogP contribution is -2.27. The minimum absolute atomic E-state index is 0.951. The van der Waals surface area contributed by atoms with Gasteiger partial charge in [-0.2, -0.15) is 5.10 Å². The summed E-state index contributed by atoms with van der Waals surface area (Å²) in [6.45, 7) is 10.4. The zero-order valence-electron chi connectivity index (χ0n) is 11.2. The van der Waals surface area contributed by atoms with Crippen LogP contribution in [0.2, 0.25) is 0 Å². The van der Waals surface area contributed by atoms with E-state index in [4.69, 9.17) is 0 Å². The Hall–Kier alpha value is -0.870. The molecular formula is C12H24N4. The van der Waals surface area contributed by atoms with Crippen molar-refractivity contribution in [2.75, 3.05) is 27.2 Å². The minimum Gasteiger partial charge on any atom is -0.318 e. The van der Waals surface area contributed by atoms with Crippen LogP contribution in [0.15, 0.2) is 0 Å². The van der Waals surface area contributed by atoms with Crippen molar-refractivity contribution in [3.63, 3.8) is 0 Å². The van der Waals surface area contributed by atoms with Gasteiger partial charge in [-0.3, -0.25) is 4.68 Å². The van der Waals surface area contributed by atoms with Crippen molar-refractivity contribution < 1.29 is 0 Å². The van der Waals surface area contributed by atoms with E-state index in [1.165, 1.54) is 11.3 Å². The van der Waals surface area contributed by atoms with Gasteiger partial charge in [-0.05, 0) is 34.9 Å². The maximum atomic E-state index is 4.54. The van der Waals surface area contributed by atoms with Crippen LogP contribution in [0, 0.1) is 13.8 Å². The molecule has 92 valence electrons. The van der Waals surface area contributed by atoms with Gasteiger partial charge in [0.25, 0.3) is 0 Å². The minimum atomic E-state index is 0.951. The van der Waals surface area contributed by atoms with Crippen LogP contribution in [0.4, 0.5) is 0 Å². The smallest absolute Gasteiger partial charge is 0.0641 e. The molecule has 4 heteroatoms. The number of aromatic nitrogens is 2. The van der Waals surface area contributed by atoms with E-state index in [9.17, 15) is 0 Å². The van der Waals surface area contributed by atoms with Crippen LogP contribution >= 0.6 is 0 Å². The second-order valence-electron chi connectivity index (χ2n) is 4.31. The maximum Gasteiger partial charge on any atom is 0.0641 e. The summed E-state index contributed by atoms with van der Waals surface area (Å²) in [5.41, 5.74) is 3.84. The molecule has 0 aliphatic rings. The summed E-state index contributed by atoms with van der Waals surface area (Å²) in [4.78, 5) is 2.33. The molecule has 4 nitrogen and oxygen atoms in total. The molecule has 0 atom stereocenters. The molecule has 1 aromatic heterocycles. The highest BCUT2D eigenvalue weighted by Crippen LogP contribution is 2.14. The van der Waals surface area contributed by atoms with E-state index >= 15 is 0 Å². The first-order valence-electron chi connectivity index (χ1n) is 5.96. The number of hydrogen-bond acceptors (Lipinski definition) is 3. The first-order valence-corrected chi connectivity index (χ1v) is 5.96. The fraction of sp³-hybridized carbons (Fsp3) is 0.750. The second-order valence-corrected chi connectivity index (χ2v) is 4.31. The number of likely N-dealkylation sites (N-methyl/N-ethyl adjacent to an activating group) is 2. The lowest BCUT2D eigenvalue weighted by molar-refractivity contribution is 0.326. The molecule has 16 heavy (non-hydrogen) atoms. The van der Waals surface area contributed by atoms with Gasteiger partial charge in [0.2, 0.25) is 0 Å². The molecule has 0 aliphatic heterocycles. The Balaban J connectivity index is 2.69. The van der Waals surface area contributed by atoms with Crippen molar-refractivity contribution in [3.8, 4) is 0 Å². The molecule has 0 radical (unpaired) electrons. The van der Waals surface area contributed by atoms with Crippen LogP contribution in [0.25, 0.3) is 0 Å². The summed E-state index contributed by atoms with van der Waals surface area (Å²) in [5.74, 6) is 0. The highest BCUT2D eigenvalue weighted by Gasteiger charge is 2.11. The predicted octanol–water partition coefficient (Wildman–Crippen LogP) is 1.17. The Kier molecular flexibility index (Phi) is 4.96. The van der Waals surface area contributed by atoms with Crippen LogP contribution in [0.5, 0.6) is 0 Å². The maximum absolute atomic E-state index is 4.54. The van der Waals surface area contributed by atoms with Gasteiger partial charge in [0.1, 0.15) is 0 Å². The van der Waals surface area contributed by atoms with Gasteiger partial charge in [-0.1, -0.05) is 0 Å². The van der Waals surface area contributed by atoms with Gasteiger partial charge in [-0.15, -0.1) is 0 Å². The highest BCUT2D eigenvalue weighted by molar-refractivity contribution is 5.24. The third-order valence-electron chi connectivity index (χ3n) is 3.00. The lowest BCUT2D eigenvalue weighted by atomic mass is 10.2. The number of nitrogens with one attached hydrogen (secondary N) is 1. The van der Waals surface area contributed by atoms with Crippen LogP contribution in [0.3, 0.4) is 0 Å². The molecule has 0 fully saturated rings. The first-order chi connectivity index (χ1) is 7.60. The number of hydrogen-bond donors (Lipinski definition) is 1. The molecule has 0 spiro atoms. The molecule has 0 saturated carbocycles. The molecule has 1 rings (SSSR count). The predicted molar refractivity (Wildman–Crippen MR) is 67.6 cm³/mol. The van der Waals surface area contributed by atoms with Gasteiger partial charge in [-0.25, -0.2) is 0 Å². The fourth-order valence-corrected chi connectivity index (χ4v) is 1.92. The molecule has 0 bridgehead atoms. The Morgan fingerprint density at radius 1 is 1.38 bits per heavy atom. The van der Waals surface area contributed by atoms with Crippen molar-refractivity contribution in [2.45, 2.75) is 33.9 Å². The standard InChI is InChI=1S/C12H24N4/c1-6-16-11(3)12(10(2)14-16)9-15(5)8-7-13-4/h13H,6-9H2,1-5H3. The largest absolute Gasteiger partial charge is 0.318 e. The zero-order valence-corrected chi connectivity index (χ0v) is 11.2. The van der Waals surface area contributed by atoms with Gasteiger partial charge in [0.15, 0.2) is 0 Å². The molecule has 0 unspecified atom stereocenters. The highest BCUT2D eigenvalue weighted by atomic mass is 15.3. The van der Waals surface area contributed by atoms with Crippen molar-refractivity contribution in [2.24, 2.45) is 0 Å². The number of rotatable bonds is 6. The third-order valence-corrected chi connectivity index (χ3v) is 3.00. The fourth-order valence-electron chi connectivity index (χ4n) is 1.92. The summed E-state index contributed by atoms with van der Waals surface area (Å²) in [6, 6.07) is 0. The van der Waals surface area contributed by atoms with Gasteiger partial charge in [0.05, 0.1) is 5.69 Å². The van der Waals surface area contributed by atoms with Crippen LogP contribution < -0.4 is 5.32 Å². The van der Waals surface area contributed by atoms with Crippen molar-refractivity contribution in [1.29, 1.82) is 0 Å². The van der Waals surface area contributed by atoms with Gasteiger partial charge >= 0.3 is 0 Å². The zero-order chi connectivity index (χ0) is 12.1. The van der Waals surface area contributed by atoms with E-state index in [1.54, 1.807) is 0 Å². The number of aryl methyl sites for hydroxylation is 2. The Bertz CT molecular complexity index is 330. The Morgan fingerprint density at radius 3 is 2.56 bits per heavy atom. The topological polar surface area (TPSA) is 33.1 Å². The molecule has 0 amide bonds. The van der Waals surface area contributed by atoms with E-state index in [0.29, 0.717) is 0 Å². The van der Waals surface area contributed by atoms with E-state index in [-0.39, 0.29) is 0 Å².